The molecular weight excluding hydrogens is 426 g/mol. The second-order valence-corrected chi connectivity index (χ2v) is 9.11. The molecule has 1 aromatic heterocycles. The molecule has 2 bridgehead atoms. The Morgan fingerprint density at radius 1 is 1.16 bits per heavy atom. The third kappa shape index (κ3) is 4.52. The van der Waals surface area contributed by atoms with Crippen LogP contribution in [-0.2, 0) is 6.54 Å². The molecule has 1 unspecified atom stereocenters. The molecule has 6 nitrogen and oxygen atoms in total. The number of carbonyl (C=O) groups is 1. The van der Waals surface area contributed by atoms with E-state index in [-0.39, 0.29) is 17.7 Å². The molecule has 2 fully saturated rings. The van der Waals surface area contributed by atoms with Crippen LogP contribution >= 0.6 is 11.6 Å². The number of aromatic nitrogens is 1. The van der Waals surface area contributed by atoms with Crippen molar-refractivity contribution >= 4 is 17.5 Å². The summed E-state index contributed by atoms with van der Waals surface area (Å²) in [5.74, 6) is 1.10. The molecule has 2 aliphatic rings. The van der Waals surface area contributed by atoms with Gasteiger partial charge >= 0.3 is 0 Å². The third-order valence-corrected chi connectivity index (χ3v) is 6.83. The van der Waals surface area contributed by atoms with E-state index < -0.39 is 0 Å². The van der Waals surface area contributed by atoms with Crippen molar-refractivity contribution in [1.29, 1.82) is 0 Å². The first-order chi connectivity index (χ1) is 15.5. The molecule has 2 aromatic carbocycles. The Morgan fingerprint density at radius 3 is 2.66 bits per heavy atom. The normalized spacial score (nSPS) is 22.6. The highest BCUT2D eigenvalue weighted by Crippen LogP contribution is 2.36. The van der Waals surface area contributed by atoms with E-state index in [1.54, 1.807) is 18.2 Å². The fourth-order valence-corrected chi connectivity index (χ4v) is 4.91. The topological polar surface area (TPSA) is 67.6 Å². The molecule has 3 aromatic rings. The second-order valence-electron chi connectivity index (χ2n) is 8.68. The Kier molecular flexibility index (Phi) is 5.89. The Labute approximate surface area is 192 Å². The van der Waals surface area contributed by atoms with Gasteiger partial charge in [0.15, 0.2) is 11.5 Å². The van der Waals surface area contributed by atoms with E-state index in [1.807, 2.05) is 36.4 Å². The molecule has 166 valence electrons. The lowest BCUT2D eigenvalue weighted by Gasteiger charge is -2.36. The Hall–Kier alpha value is -2.83. The van der Waals surface area contributed by atoms with Crippen LogP contribution in [0.4, 0.5) is 0 Å². The van der Waals surface area contributed by atoms with Crippen LogP contribution in [0.5, 0.6) is 5.75 Å². The van der Waals surface area contributed by atoms with Crippen LogP contribution in [-0.4, -0.2) is 41.2 Å². The Bertz CT molecular complexity index is 1080. The van der Waals surface area contributed by atoms with Crippen molar-refractivity contribution < 1.29 is 14.1 Å². The summed E-state index contributed by atoms with van der Waals surface area (Å²) >= 11 is 5.92. The molecule has 7 heteroatoms. The van der Waals surface area contributed by atoms with Gasteiger partial charge in [0, 0.05) is 35.3 Å². The Morgan fingerprint density at radius 2 is 1.91 bits per heavy atom. The van der Waals surface area contributed by atoms with Crippen LogP contribution in [0, 0.1) is 0 Å². The zero-order chi connectivity index (χ0) is 22.1. The zero-order valence-electron chi connectivity index (χ0n) is 18.0. The summed E-state index contributed by atoms with van der Waals surface area (Å²) in [4.78, 5) is 15.0. The van der Waals surface area contributed by atoms with Crippen LogP contribution in [0.2, 0.25) is 5.02 Å². The molecule has 0 radical (unpaired) electrons. The fourth-order valence-electron chi connectivity index (χ4n) is 4.78. The summed E-state index contributed by atoms with van der Waals surface area (Å²) in [6.07, 6.45) is 4.96. The minimum Gasteiger partial charge on any atom is -0.490 e. The van der Waals surface area contributed by atoms with Gasteiger partial charge in [-0.1, -0.05) is 28.9 Å². The minimum atomic E-state index is -0.285. The monoisotopic (exact) mass is 451 g/mol. The van der Waals surface area contributed by atoms with Gasteiger partial charge in [0.2, 0.25) is 0 Å². The van der Waals surface area contributed by atoms with Crippen LogP contribution in [0.3, 0.4) is 0 Å². The van der Waals surface area contributed by atoms with E-state index in [0.717, 1.165) is 29.7 Å². The highest BCUT2D eigenvalue weighted by molar-refractivity contribution is 6.30. The number of nitrogens with zero attached hydrogens (tertiary/aromatic N) is 2. The van der Waals surface area contributed by atoms with Gasteiger partial charge in [0.1, 0.15) is 11.9 Å². The molecular formula is C25H26ClN3O3. The first kappa shape index (κ1) is 21.0. The van der Waals surface area contributed by atoms with Gasteiger partial charge in [-0.3, -0.25) is 4.79 Å². The largest absolute Gasteiger partial charge is 0.490 e. The summed E-state index contributed by atoms with van der Waals surface area (Å²) in [6.45, 7) is 0.387. The van der Waals surface area contributed by atoms with Crippen LogP contribution in [0.1, 0.15) is 41.7 Å². The number of carbonyl (C=O) groups excluding carboxylic acids is 1. The van der Waals surface area contributed by atoms with Crippen molar-refractivity contribution in [2.45, 2.75) is 50.4 Å². The molecule has 3 atom stereocenters. The van der Waals surface area contributed by atoms with Crippen molar-refractivity contribution in [3.05, 3.63) is 70.9 Å². The number of fused-ring (bicyclic) bond motifs is 2. The van der Waals surface area contributed by atoms with E-state index >= 15 is 0 Å². The first-order valence-corrected chi connectivity index (χ1v) is 11.4. The number of hydrogen-bond acceptors (Lipinski definition) is 5. The number of piperidine rings is 1. The highest BCUT2D eigenvalue weighted by Gasteiger charge is 2.39. The number of hydrogen-bond donors (Lipinski definition) is 1. The van der Waals surface area contributed by atoms with Gasteiger partial charge < -0.3 is 19.5 Å². The Balaban J connectivity index is 1.18. The average Bonchev–Trinajstić information content (AvgIpc) is 3.35. The third-order valence-electron chi connectivity index (χ3n) is 6.58. The van der Waals surface area contributed by atoms with Crippen molar-refractivity contribution in [3.63, 3.8) is 0 Å². The quantitative estimate of drug-likeness (QED) is 0.575. The summed E-state index contributed by atoms with van der Waals surface area (Å²) in [6, 6.07) is 18.0. The van der Waals surface area contributed by atoms with E-state index in [1.165, 1.54) is 12.8 Å². The number of amides is 1. The number of ether oxygens (including phenoxy) is 1. The van der Waals surface area contributed by atoms with Gasteiger partial charge in [0.25, 0.3) is 5.91 Å². The van der Waals surface area contributed by atoms with Crippen molar-refractivity contribution in [3.8, 4) is 17.1 Å². The standard InChI is InChI=1S/C25H26ClN3O3/c1-29-19-9-10-20(29)13-22(12-19)31-21-4-2-3-16(11-21)15-27-25(30)23-14-24(32-28-23)17-5-7-18(26)8-6-17/h2-8,11,14,19-20,22H,9-10,12-13,15H2,1H3,(H,27,30)/t19-,20+,22?. The molecule has 2 aliphatic heterocycles. The van der Waals surface area contributed by atoms with Gasteiger partial charge in [-0.2, -0.15) is 0 Å². The molecule has 3 heterocycles. The van der Waals surface area contributed by atoms with Crippen molar-refractivity contribution in [1.82, 2.24) is 15.4 Å². The maximum atomic E-state index is 12.5. The van der Waals surface area contributed by atoms with Crippen LogP contribution in [0.15, 0.2) is 59.1 Å². The van der Waals surface area contributed by atoms with Crippen LogP contribution in [0.25, 0.3) is 11.3 Å². The lowest BCUT2D eigenvalue weighted by atomic mass is 10.0. The van der Waals surface area contributed by atoms with E-state index in [4.69, 9.17) is 20.9 Å². The van der Waals surface area contributed by atoms with Crippen molar-refractivity contribution in [2.24, 2.45) is 0 Å². The van der Waals surface area contributed by atoms with E-state index in [9.17, 15) is 4.79 Å². The molecule has 32 heavy (non-hydrogen) atoms. The molecule has 0 spiro atoms. The SMILES string of the molecule is CN1[C@@H]2CC[C@H]1CC(Oc1cccc(CNC(=O)c3cc(-c4ccc(Cl)cc4)on3)c1)C2. The van der Waals surface area contributed by atoms with Gasteiger partial charge in [0.05, 0.1) is 0 Å². The fraction of sp³-hybridized carbons (Fsp3) is 0.360. The van der Waals surface area contributed by atoms with Gasteiger partial charge in [-0.05, 0) is 74.7 Å². The number of benzene rings is 2. The van der Waals surface area contributed by atoms with Crippen LogP contribution < -0.4 is 10.1 Å². The van der Waals surface area contributed by atoms with Gasteiger partial charge in [-0.15, -0.1) is 0 Å². The smallest absolute Gasteiger partial charge is 0.273 e. The second kappa shape index (κ2) is 8.96. The van der Waals surface area contributed by atoms with Crippen molar-refractivity contribution in [2.75, 3.05) is 7.05 Å². The predicted octanol–water partition coefficient (Wildman–Crippen LogP) is 4.93. The molecule has 2 saturated heterocycles. The number of halogens is 1. The average molecular weight is 452 g/mol. The minimum absolute atomic E-state index is 0.240. The summed E-state index contributed by atoms with van der Waals surface area (Å²) in [5, 5.41) is 7.44. The maximum Gasteiger partial charge on any atom is 0.273 e. The maximum absolute atomic E-state index is 12.5. The molecule has 1 N–H and O–H groups in total. The molecule has 5 rings (SSSR count). The molecule has 0 saturated carbocycles. The summed E-state index contributed by atoms with van der Waals surface area (Å²) in [7, 11) is 2.23. The first-order valence-electron chi connectivity index (χ1n) is 11.0. The lowest BCUT2D eigenvalue weighted by molar-refractivity contribution is 0.0661. The lowest BCUT2D eigenvalue weighted by Crippen LogP contribution is -2.43. The highest BCUT2D eigenvalue weighted by atomic mass is 35.5. The summed E-state index contributed by atoms with van der Waals surface area (Å²) in [5.41, 5.74) is 2.03. The molecule has 0 aliphatic carbocycles. The van der Waals surface area contributed by atoms with E-state index in [2.05, 4.69) is 22.4 Å². The predicted molar refractivity (Wildman–Crippen MR) is 123 cm³/mol. The number of nitrogens with one attached hydrogen (secondary N) is 1. The summed E-state index contributed by atoms with van der Waals surface area (Å²) < 4.78 is 11.6. The van der Waals surface area contributed by atoms with E-state index in [0.29, 0.717) is 29.4 Å². The van der Waals surface area contributed by atoms with Gasteiger partial charge in [-0.25, -0.2) is 0 Å². The molecule has 1 amide bonds. The number of rotatable bonds is 6. The zero-order valence-corrected chi connectivity index (χ0v) is 18.7.